The third kappa shape index (κ3) is 3.83. The molecule has 0 atom stereocenters. The summed E-state index contributed by atoms with van der Waals surface area (Å²) in [5.74, 6) is 1.32. The van der Waals surface area contributed by atoms with Crippen molar-refractivity contribution in [3.8, 4) is 17.0 Å². The molecule has 4 aromatic rings. The SMILES string of the molecule is COc1ccc(CC(=O)NCc2ccc(-c3ccnc4ncnn34)cc2)cc1. The minimum absolute atomic E-state index is 0.0206. The Bertz CT molecular complexity index is 1090. The second-order valence-corrected chi connectivity index (χ2v) is 6.30. The zero-order chi connectivity index (χ0) is 19.3. The molecule has 140 valence electrons. The van der Waals surface area contributed by atoms with E-state index in [-0.39, 0.29) is 5.91 Å². The van der Waals surface area contributed by atoms with Crippen LogP contribution >= 0.6 is 0 Å². The van der Waals surface area contributed by atoms with E-state index in [2.05, 4.69) is 20.4 Å². The van der Waals surface area contributed by atoms with Crippen LogP contribution in [-0.4, -0.2) is 32.6 Å². The Morgan fingerprint density at radius 1 is 1.00 bits per heavy atom. The first-order chi connectivity index (χ1) is 13.7. The molecule has 0 saturated carbocycles. The predicted octanol–water partition coefficient (Wildman–Crippen LogP) is 2.66. The molecule has 0 bridgehead atoms. The number of nitrogens with one attached hydrogen (secondary N) is 1. The molecular weight excluding hydrogens is 354 g/mol. The van der Waals surface area contributed by atoms with E-state index < -0.39 is 0 Å². The van der Waals surface area contributed by atoms with E-state index in [1.165, 1.54) is 6.33 Å². The summed E-state index contributed by atoms with van der Waals surface area (Å²) in [7, 11) is 1.62. The van der Waals surface area contributed by atoms with Crippen molar-refractivity contribution >= 4 is 11.7 Å². The second-order valence-electron chi connectivity index (χ2n) is 6.30. The molecule has 0 aliphatic carbocycles. The molecule has 28 heavy (non-hydrogen) atoms. The van der Waals surface area contributed by atoms with Gasteiger partial charge in [0.15, 0.2) is 0 Å². The van der Waals surface area contributed by atoms with Crippen molar-refractivity contribution in [2.45, 2.75) is 13.0 Å². The number of carbonyl (C=O) groups is 1. The number of benzene rings is 2. The summed E-state index contributed by atoms with van der Waals surface area (Å²) >= 11 is 0. The first-order valence-corrected chi connectivity index (χ1v) is 8.86. The van der Waals surface area contributed by atoms with E-state index >= 15 is 0 Å². The number of methoxy groups -OCH3 is 1. The number of amides is 1. The normalized spacial score (nSPS) is 10.8. The molecule has 1 N–H and O–H groups in total. The Labute approximate surface area is 162 Å². The first-order valence-electron chi connectivity index (χ1n) is 8.86. The van der Waals surface area contributed by atoms with Crippen molar-refractivity contribution in [2.75, 3.05) is 7.11 Å². The van der Waals surface area contributed by atoms with Gasteiger partial charge >= 0.3 is 0 Å². The van der Waals surface area contributed by atoms with Gasteiger partial charge in [0.1, 0.15) is 12.1 Å². The van der Waals surface area contributed by atoms with E-state index in [1.54, 1.807) is 17.8 Å². The number of hydrogen-bond acceptors (Lipinski definition) is 5. The highest BCUT2D eigenvalue weighted by atomic mass is 16.5. The average molecular weight is 373 g/mol. The van der Waals surface area contributed by atoms with Crippen molar-refractivity contribution in [3.63, 3.8) is 0 Å². The molecule has 2 heterocycles. The molecule has 0 spiro atoms. The molecular formula is C21H19N5O2. The molecule has 0 saturated heterocycles. The summed E-state index contributed by atoms with van der Waals surface area (Å²) in [6, 6.07) is 17.4. The molecule has 0 aliphatic rings. The van der Waals surface area contributed by atoms with Crippen LogP contribution in [0, 0.1) is 0 Å². The zero-order valence-corrected chi connectivity index (χ0v) is 15.4. The van der Waals surface area contributed by atoms with Crippen LogP contribution in [0.25, 0.3) is 17.0 Å². The van der Waals surface area contributed by atoms with Gasteiger partial charge in [0, 0.05) is 18.3 Å². The van der Waals surface area contributed by atoms with Gasteiger partial charge in [-0.05, 0) is 29.3 Å². The molecule has 2 aromatic carbocycles. The number of aromatic nitrogens is 4. The van der Waals surface area contributed by atoms with Crippen molar-refractivity contribution in [2.24, 2.45) is 0 Å². The largest absolute Gasteiger partial charge is 0.497 e. The van der Waals surface area contributed by atoms with Gasteiger partial charge in [-0.2, -0.15) is 14.6 Å². The molecule has 0 aliphatic heterocycles. The Morgan fingerprint density at radius 3 is 2.50 bits per heavy atom. The van der Waals surface area contributed by atoms with Crippen LogP contribution in [0.3, 0.4) is 0 Å². The van der Waals surface area contributed by atoms with E-state index in [4.69, 9.17) is 4.74 Å². The van der Waals surface area contributed by atoms with Gasteiger partial charge in [-0.15, -0.1) is 0 Å². The minimum atomic E-state index is -0.0206. The lowest BCUT2D eigenvalue weighted by Crippen LogP contribution is -2.24. The van der Waals surface area contributed by atoms with Gasteiger partial charge in [-0.25, -0.2) is 4.98 Å². The van der Waals surface area contributed by atoms with Crippen LogP contribution in [0.1, 0.15) is 11.1 Å². The van der Waals surface area contributed by atoms with Gasteiger partial charge in [-0.3, -0.25) is 4.79 Å². The van der Waals surface area contributed by atoms with Gasteiger partial charge in [0.2, 0.25) is 5.91 Å². The highest BCUT2D eigenvalue weighted by Gasteiger charge is 2.07. The molecule has 7 heteroatoms. The van der Waals surface area contributed by atoms with E-state index in [9.17, 15) is 4.79 Å². The summed E-state index contributed by atoms with van der Waals surface area (Å²) in [5, 5.41) is 7.16. The molecule has 0 radical (unpaired) electrons. The predicted molar refractivity (Wildman–Crippen MR) is 105 cm³/mol. The number of fused-ring (bicyclic) bond motifs is 1. The number of ether oxygens (including phenoxy) is 1. The minimum Gasteiger partial charge on any atom is -0.497 e. The van der Waals surface area contributed by atoms with Gasteiger partial charge in [0.25, 0.3) is 5.78 Å². The Morgan fingerprint density at radius 2 is 1.75 bits per heavy atom. The molecule has 1 amide bonds. The third-order valence-electron chi connectivity index (χ3n) is 4.44. The van der Waals surface area contributed by atoms with Crippen molar-refractivity contribution in [1.29, 1.82) is 0 Å². The summed E-state index contributed by atoms with van der Waals surface area (Å²) < 4.78 is 6.83. The lowest BCUT2D eigenvalue weighted by Gasteiger charge is -2.08. The maximum Gasteiger partial charge on any atom is 0.252 e. The fourth-order valence-electron chi connectivity index (χ4n) is 2.94. The summed E-state index contributed by atoms with van der Waals surface area (Å²) in [6.07, 6.45) is 3.54. The van der Waals surface area contributed by atoms with Crippen LogP contribution in [0.2, 0.25) is 0 Å². The first kappa shape index (κ1) is 17.7. The maximum atomic E-state index is 12.2. The fourth-order valence-corrected chi connectivity index (χ4v) is 2.94. The molecule has 7 nitrogen and oxygen atoms in total. The highest BCUT2D eigenvalue weighted by Crippen LogP contribution is 2.19. The van der Waals surface area contributed by atoms with E-state index in [0.717, 1.165) is 28.1 Å². The molecule has 4 rings (SSSR count). The zero-order valence-electron chi connectivity index (χ0n) is 15.4. The van der Waals surface area contributed by atoms with Crippen molar-refractivity contribution < 1.29 is 9.53 Å². The Kier molecular flexibility index (Phi) is 4.97. The van der Waals surface area contributed by atoms with E-state index in [0.29, 0.717) is 18.7 Å². The van der Waals surface area contributed by atoms with Crippen molar-refractivity contribution in [3.05, 3.63) is 78.2 Å². The van der Waals surface area contributed by atoms with Crippen LogP contribution in [-0.2, 0) is 17.8 Å². The standard InChI is InChI=1S/C21H19N5O2/c1-28-18-8-4-15(5-9-18)12-20(27)23-13-16-2-6-17(7-3-16)19-10-11-22-21-24-14-25-26(19)21/h2-11,14H,12-13H2,1H3,(H,23,27). The van der Waals surface area contributed by atoms with Crippen LogP contribution in [0.15, 0.2) is 67.1 Å². The van der Waals surface area contributed by atoms with Gasteiger partial charge in [-0.1, -0.05) is 36.4 Å². The lowest BCUT2D eigenvalue weighted by molar-refractivity contribution is -0.120. The van der Waals surface area contributed by atoms with E-state index in [1.807, 2.05) is 54.6 Å². The summed E-state index contributed by atoms with van der Waals surface area (Å²) in [4.78, 5) is 20.5. The molecule has 2 aromatic heterocycles. The highest BCUT2D eigenvalue weighted by molar-refractivity contribution is 5.78. The smallest absolute Gasteiger partial charge is 0.252 e. The lowest BCUT2D eigenvalue weighted by atomic mass is 10.1. The summed E-state index contributed by atoms with van der Waals surface area (Å²) in [5.41, 5.74) is 3.89. The number of nitrogens with zero attached hydrogens (tertiary/aromatic N) is 4. The number of rotatable bonds is 6. The monoisotopic (exact) mass is 373 g/mol. The van der Waals surface area contributed by atoms with Crippen LogP contribution in [0.5, 0.6) is 5.75 Å². The molecule has 0 unspecified atom stereocenters. The fraction of sp³-hybridized carbons (Fsp3) is 0.143. The van der Waals surface area contributed by atoms with Gasteiger partial charge < -0.3 is 10.1 Å². The number of hydrogen-bond donors (Lipinski definition) is 1. The number of carbonyl (C=O) groups excluding carboxylic acids is 1. The van der Waals surface area contributed by atoms with Crippen LogP contribution in [0.4, 0.5) is 0 Å². The summed E-state index contributed by atoms with van der Waals surface area (Å²) in [6.45, 7) is 0.477. The topological polar surface area (TPSA) is 81.4 Å². The quantitative estimate of drug-likeness (QED) is 0.562. The third-order valence-corrected chi connectivity index (χ3v) is 4.44. The van der Waals surface area contributed by atoms with Crippen molar-refractivity contribution in [1.82, 2.24) is 24.9 Å². The Balaban J connectivity index is 1.38. The average Bonchev–Trinajstić information content (AvgIpc) is 3.22. The Hall–Kier alpha value is -3.74. The van der Waals surface area contributed by atoms with Crippen LogP contribution < -0.4 is 10.1 Å². The maximum absolute atomic E-state index is 12.2. The molecule has 0 fully saturated rings. The van der Waals surface area contributed by atoms with Gasteiger partial charge in [0.05, 0.1) is 19.2 Å². The second kappa shape index (κ2) is 7.87.